The number of para-hydroxylation sites is 1. The predicted molar refractivity (Wildman–Crippen MR) is 132 cm³/mol. The summed E-state index contributed by atoms with van der Waals surface area (Å²) < 4.78 is 9.78. The van der Waals surface area contributed by atoms with Crippen molar-refractivity contribution in [2.75, 3.05) is 26.8 Å². The van der Waals surface area contributed by atoms with E-state index in [1.807, 2.05) is 6.92 Å². The van der Waals surface area contributed by atoms with Crippen LogP contribution in [0.4, 0.5) is 4.79 Å². The van der Waals surface area contributed by atoms with Crippen molar-refractivity contribution in [3.05, 3.63) is 29.3 Å². The van der Waals surface area contributed by atoms with E-state index < -0.39 is 54.7 Å². The van der Waals surface area contributed by atoms with Crippen molar-refractivity contribution >= 4 is 23.9 Å². The Morgan fingerprint density at radius 3 is 2.36 bits per heavy atom. The Kier molecular flexibility index (Phi) is 12.2. The minimum atomic E-state index is -1.41. The maximum absolute atomic E-state index is 13.6. The summed E-state index contributed by atoms with van der Waals surface area (Å²) in [6.07, 6.45) is 1.17. The van der Waals surface area contributed by atoms with Gasteiger partial charge in [0, 0.05) is 12.1 Å². The van der Waals surface area contributed by atoms with Crippen LogP contribution < -0.4 is 10.6 Å². The summed E-state index contributed by atoms with van der Waals surface area (Å²) in [5.74, 6) is -2.37. The zero-order valence-electron chi connectivity index (χ0n) is 21.9. The van der Waals surface area contributed by atoms with Crippen molar-refractivity contribution in [2.24, 2.45) is 0 Å². The third-order valence-electron chi connectivity index (χ3n) is 5.22. The van der Waals surface area contributed by atoms with Gasteiger partial charge in [-0.25, -0.2) is 4.79 Å². The molecule has 0 saturated carbocycles. The molecule has 2 atom stereocenters. The number of rotatable bonds is 12. The van der Waals surface area contributed by atoms with Crippen LogP contribution in [-0.2, 0) is 23.9 Å². The first-order valence-electron chi connectivity index (χ1n) is 11.9. The fourth-order valence-corrected chi connectivity index (χ4v) is 3.42. The highest BCUT2D eigenvalue weighted by Crippen LogP contribution is 2.32. The Balaban J connectivity index is 3.46. The van der Waals surface area contributed by atoms with E-state index in [1.165, 1.54) is 18.1 Å². The fourth-order valence-electron chi connectivity index (χ4n) is 3.42. The van der Waals surface area contributed by atoms with Crippen LogP contribution in [0.2, 0.25) is 0 Å². The third kappa shape index (κ3) is 9.37. The summed E-state index contributed by atoms with van der Waals surface area (Å²) in [5.41, 5.74) is -0.224. The Morgan fingerprint density at radius 2 is 1.81 bits per heavy atom. The number of ether oxygens (including phenoxy) is 2. The zero-order valence-corrected chi connectivity index (χ0v) is 21.9. The number of unbranched alkanes of at least 4 members (excludes halogenated alkanes) is 2. The quantitative estimate of drug-likeness (QED) is 0.246. The van der Waals surface area contributed by atoms with Crippen LogP contribution in [0.5, 0.6) is 5.75 Å². The number of amides is 3. The van der Waals surface area contributed by atoms with Crippen LogP contribution in [0, 0.1) is 6.92 Å². The smallest absolute Gasteiger partial charge is 0.408 e. The monoisotopic (exact) mass is 509 g/mol. The number of nitrogens with one attached hydrogen (secondary N) is 2. The van der Waals surface area contributed by atoms with Crippen molar-refractivity contribution in [3.8, 4) is 5.75 Å². The summed E-state index contributed by atoms with van der Waals surface area (Å²) in [4.78, 5) is 52.1. The van der Waals surface area contributed by atoms with Gasteiger partial charge in [0.2, 0.25) is 11.8 Å². The maximum atomic E-state index is 13.6. The Hall–Kier alpha value is -3.34. The molecule has 0 aliphatic heterocycles. The van der Waals surface area contributed by atoms with Crippen LogP contribution >= 0.6 is 0 Å². The highest BCUT2D eigenvalue weighted by atomic mass is 16.6. The molecule has 1 aromatic rings. The molecule has 1 rings (SSSR count). The summed E-state index contributed by atoms with van der Waals surface area (Å²) in [6, 6.07) is 2.01. The zero-order chi connectivity index (χ0) is 27.5. The molecule has 3 amide bonds. The molecule has 0 heterocycles. The highest BCUT2D eigenvalue weighted by molar-refractivity contribution is 5.93. The van der Waals surface area contributed by atoms with Crippen molar-refractivity contribution in [3.63, 3.8) is 0 Å². The number of benzene rings is 1. The first-order valence-corrected chi connectivity index (χ1v) is 11.9. The molecule has 0 bridgehead atoms. The Morgan fingerprint density at radius 1 is 1.14 bits per heavy atom. The van der Waals surface area contributed by atoms with Crippen molar-refractivity contribution in [2.45, 2.75) is 71.6 Å². The summed E-state index contributed by atoms with van der Waals surface area (Å²) >= 11 is 0. The number of carbonyl (C=O) groups is 4. The van der Waals surface area contributed by atoms with Crippen molar-refractivity contribution < 1.29 is 38.9 Å². The lowest BCUT2D eigenvalue weighted by Crippen LogP contribution is -2.54. The lowest BCUT2D eigenvalue weighted by atomic mass is 9.99. The van der Waals surface area contributed by atoms with E-state index in [2.05, 4.69) is 15.4 Å². The number of esters is 1. The number of alkyl carbamates (subject to hydrolysis) is 1. The number of aryl methyl sites for hydroxylation is 1. The molecule has 0 fully saturated rings. The normalized spacial score (nSPS) is 12.8. The standard InChI is InChI=1S/C25H39N3O8/c1-7-8-9-13-28(23(33)18(15-29)27-24(34)36-25(3,4)5)20(22(32)26-14-19(30)35-6)17-12-10-11-16(2)21(17)31/h10-12,18,20,29,31H,7-9,13-15H2,1-6H3,(H,26,32)(H,27,34). The van der Waals surface area contributed by atoms with Crippen LogP contribution in [-0.4, -0.2) is 77.4 Å². The van der Waals surface area contributed by atoms with Gasteiger partial charge in [0.1, 0.15) is 30.0 Å². The number of aliphatic hydroxyl groups excluding tert-OH is 1. The number of aromatic hydroxyl groups is 1. The Bertz CT molecular complexity index is 913. The maximum Gasteiger partial charge on any atom is 0.408 e. The molecule has 11 heteroatoms. The first kappa shape index (κ1) is 30.7. The summed E-state index contributed by atoms with van der Waals surface area (Å²) in [6.45, 7) is 7.47. The second-order valence-electron chi connectivity index (χ2n) is 9.33. The molecule has 0 aliphatic rings. The lowest BCUT2D eigenvalue weighted by molar-refractivity contribution is -0.145. The minimum absolute atomic E-state index is 0.0862. The number of phenols is 1. The topological polar surface area (TPSA) is 154 Å². The van der Waals surface area contributed by atoms with Gasteiger partial charge in [-0.2, -0.15) is 0 Å². The Labute approximate surface area is 212 Å². The highest BCUT2D eigenvalue weighted by Gasteiger charge is 2.37. The molecule has 1 aromatic carbocycles. The van der Waals surface area contributed by atoms with Gasteiger partial charge < -0.3 is 35.2 Å². The SMILES string of the molecule is CCCCCN(C(=O)C(CO)NC(=O)OC(C)(C)C)C(C(=O)NCC(=O)OC)c1cccc(C)c1O. The number of hydrogen-bond donors (Lipinski definition) is 4. The van der Waals surface area contributed by atoms with Gasteiger partial charge in [0.05, 0.1) is 13.7 Å². The van der Waals surface area contributed by atoms with Gasteiger partial charge in [-0.3, -0.25) is 14.4 Å². The molecule has 4 N–H and O–H groups in total. The number of carbonyl (C=O) groups excluding carboxylic acids is 4. The molecule has 11 nitrogen and oxygen atoms in total. The van der Waals surface area contributed by atoms with Crippen LogP contribution in [0.15, 0.2) is 18.2 Å². The van der Waals surface area contributed by atoms with Gasteiger partial charge in [-0.05, 0) is 39.7 Å². The predicted octanol–water partition coefficient (Wildman–Crippen LogP) is 1.94. The fraction of sp³-hybridized carbons (Fsp3) is 0.600. The molecule has 0 aliphatic carbocycles. The molecule has 0 radical (unpaired) electrons. The van der Waals surface area contributed by atoms with Gasteiger partial charge in [0.25, 0.3) is 0 Å². The lowest BCUT2D eigenvalue weighted by Gasteiger charge is -2.34. The molecule has 0 saturated heterocycles. The second-order valence-corrected chi connectivity index (χ2v) is 9.33. The van der Waals surface area contributed by atoms with Gasteiger partial charge in [-0.1, -0.05) is 38.0 Å². The molecule has 36 heavy (non-hydrogen) atoms. The molecule has 0 spiro atoms. The largest absolute Gasteiger partial charge is 0.507 e. The minimum Gasteiger partial charge on any atom is -0.507 e. The van der Waals surface area contributed by atoms with E-state index in [0.717, 1.165) is 12.8 Å². The van der Waals surface area contributed by atoms with Crippen molar-refractivity contribution in [1.82, 2.24) is 15.5 Å². The van der Waals surface area contributed by atoms with Crippen LogP contribution in [0.3, 0.4) is 0 Å². The number of methoxy groups -OCH3 is 1. The number of aliphatic hydroxyl groups is 1. The van der Waals surface area contributed by atoms with Crippen LogP contribution in [0.25, 0.3) is 0 Å². The van der Waals surface area contributed by atoms with E-state index in [4.69, 9.17) is 4.74 Å². The second kappa shape index (κ2) is 14.3. The molecule has 202 valence electrons. The van der Waals surface area contributed by atoms with E-state index in [1.54, 1.807) is 39.8 Å². The average molecular weight is 510 g/mol. The van der Waals surface area contributed by atoms with Crippen LogP contribution in [0.1, 0.15) is 64.1 Å². The first-order chi connectivity index (χ1) is 16.9. The van der Waals surface area contributed by atoms with E-state index in [-0.39, 0.29) is 17.9 Å². The number of hydrogen-bond acceptors (Lipinski definition) is 8. The van der Waals surface area contributed by atoms with Gasteiger partial charge >= 0.3 is 12.1 Å². The number of nitrogens with zero attached hydrogens (tertiary/aromatic N) is 1. The average Bonchev–Trinajstić information content (AvgIpc) is 2.81. The molecular formula is C25H39N3O8. The molecule has 2 unspecified atom stereocenters. The van der Waals surface area contributed by atoms with E-state index in [9.17, 15) is 29.4 Å². The summed E-state index contributed by atoms with van der Waals surface area (Å²) in [7, 11) is 1.17. The van der Waals surface area contributed by atoms with Gasteiger partial charge in [-0.15, -0.1) is 0 Å². The molecule has 0 aromatic heterocycles. The van der Waals surface area contributed by atoms with E-state index >= 15 is 0 Å². The van der Waals surface area contributed by atoms with E-state index in [0.29, 0.717) is 12.0 Å². The number of phenolic OH excluding ortho intramolecular Hbond substituents is 1. The summed E-state index contributed by atoms with van der Waals surface area (Å²) in [5, 5.41) is 25.5. The molecular weight excluding hydrogens is 470 g/mol. The third-order valence-corrected chi connectivity index (χ3v) is 5.22. The van der Waals surface area contributed by atoms with Crippen molar-refractivity contribution in [1.29, 1.82) is 0 Å². The van der Waals surface area contributed by atoms with Gasteiger partial charge in [0.15, 0.2) is 0 Å².